The van der Waals surface area contributed by atoms with Gasteiger partial charge >= 0.3 is 0 Å². The van der Waals surface area contributed by atoms with E-state index < -0.39 is 16.9 Å². The van der Waals surface area contributed by atoms with E-state index >= 15 is 0 Å². The van der Waals surface area contributed by atoms with Crippen molar-refractivity contribution in [3.63, 3.8) is 0 Å². The lowest BCUT2D eigenvalue weighted by atomic mass is 9.82. The van der Waals surface area contributed by atoms with Crippen LogP contribution in [0.5, 0.6) is 0 Å². The molecule has 0 bridgehead atoms. The van der Waals surface area contributed by atoms with Crippen LogP contribution in [0.25, 0.3) is 0 Å². The highest BCUT2D eigenvalue weighted by atomic mass is 32.2. The number of hydrogen-bond donors (Lipinski definition) is 2. The number of hydrogen-bond acceptors (Lipinski definition) is 6. The van der Waals surface area contributed by atoms with E-state index in [1.165, 1.54) is 20.0 Å². The van der Waals surface area contributed by atoms with Crippen molar-refractivity contribution in [1.29, 1.82) is 0 Å². The van der Waals surface area contributed by atoms with Crippen molar-refractivity contribution in [2.75, 3.05) is 26.0 Å². The number of nitrogens with one attached hydrogen (secondary N) is 2. The summed E-state index contributed by atoms with van der Waals surface area (Å²) < 4.78 is 15.0. The molecule has 3 aliphatic rings. The summed E-state index contributed by atoms with van der Waals surface area (Å²) in [6.07, 6.45) is 6.81. The fraction of sp³-hybridized carbons (Fsp3) is 0.654. The molecule has 9 heteroatoms. The first-order valence-electron chi connectivity index (χ1n) is 12.7. The summed E-state index contributed by atoms with van der Waals surface area (Å²) in [5.41, 5.74) is 4.80. The zero-order valence-electron chi connectivity index (χ0n) is 21.1. The Hall–Kier alpha value is -1.94. The van der Waals surface area contributed by atoms with Gasteiger partial charge in [-0.3, -0.25) is 19.4 Å². The number of aryl methyl sites for hydroxylation is 2. The van der Waals surface area contributed by atoms with E-state index in [0.717, 1.165) is 41.3 Å². The van der Waals surface area contributed by atoms with E-state index in [-0.39, 0.29) is 18.2 Å². The number of piperidine rings is 1. The van der Waals surface area contributed by atoms with Gasteiger partial charge < -0.3 is 9.87 Å². The second-order valence-electron chi connectivity index (χ2n) is 10.3. The topological polar surface area (TPSA) is 106 Å². The Balaban J connectivity index is 1.27. The van der Waals surface area contributed by atoms with Gasteiger partial charge in [-0.15, -0.1) is 4.31 Å². The molecular formula is C26H38N4O4S. The average Bonchev–Trinajstić information content (AvgIpc) is 3.14. The van der Waals surface area contributed by atoms with Crippen LogP contribution in [0.15, 0.2) is 23.2 Å². The molecule has 2 aliphatic heterocycles. The Labute approximate surface area is 211 Å². The minimum absolute atomic E-state index is 0.0337. The monoisotopic (exact) mass is 502 g/mol. The van der Waals surface area contributed by atoms with Crippen molar-refractivity contribution in [1.82, 2.24) is 15.1 Å². The summed E-state index contributed by atoms with van der Waals surface area (Å²) in [6, 6.07) is 5.95. The molecule has 1 atom stereocenters. The lowest BCUT2D eigenvalue weighted by Crippen LogP contribution is -2.51. The zero-order chi connectivity index (χ0) is 25.0. The number of aliphatic imine (C=N–C) groups is 1. The maximum Gasteiger partial charge on any atom is 0.253 e. The Morgan fingerprint density at radius 3 is 2.66 bits per heavy atom. The van der Waals surface area contributed by atoms with Crippen molar-refractivity contribution < 1.29 is 19.0 Å². The molecule has 8 nitrogen and oxygen atoms in total. The van der Waals surface area contributed by atoms with Gasteiger partial charge in [0.1, 0.15) is 17.1 Å². The number of carbonyl (C=O) groups excluding carboxylic acids is 2. The molecule has 2 N–H and O–H groups in total. The van der Waals surface area contributed by atoms with Crippen molar-refractivity contribution in [3.05, 3.63) is 34.9 Å². The standard InChI is InChI=1S/C26H38N4O4S/c1-18-4-7-22(8-5-18)24-27-25(32)26(28-24)11-13-30(14-12-26)35(33)15-10-21-9-6-20(16-19(21)2)17-23(31)29-34-3/h6,9,16,18,22H,4-5,7-8,10-15,17H2,1-3H3,(H,29,31)(H,27,28,32). The van der Waals surface area contributed by atoms with Gasteiger partial charge in [0.15, 0.2) is 0 Å². The van der Waals surface area contributed by atoms with Crippen molar-refractivity contribution in [3.8, 4) is 0 Å². The van der Waals surface area contributed by atoms with Crippen LogP contribution in [0.2, 0.25) is 0 Å². The molecule has 1 spiro atoms. The number of nitrogens with zero attached hydrogens (tertiary/aromatic N) is 2. The third-order valence-corrected chi connectivity index (χ3v) is 9.27. The molecule has 192 valence electrons. The summed E-state index contributed by atoms with van der Waals surface area (Å²) in [5.74, 6) is 2.43. The van der Waals surface area contributed by atoms with Gasteiger partial charge in [-0.2, -0.15) is 0 Å². The zero-order valence-corrected chi connectivity index (χ0v) is 21.9. The number of carbonyl (C=O) groups is 2. The highest BCUT2D eigenvalue weighted by molar-refractivity contribution is 7.89. The summed E-state index contributed by atoms with van der Waals surface area (Å²) in [6.45, 7) is 5.54. The molecule has 1 aromatic carbocycles. The molecule has 1 aliphatic carbocycles. The molecule has 0 radical (unpaired) electrons. The molecule has 1 aromatic rings. The number of benzene rings is 1. The van der Waals surface area contributed by atoms with E-state index in [1.807, 2.05) is 29.4 Å². The van der Waals surface area contributed by atoms with Crippen molar-refractivity contribution >= 4 is 29.0 Å². The van der Waals surface area contributed by atoms with E-state index in [9.17, 15) is 14.1 Å². The molecule has 2 fully saturated rings. The predicted octanol–water partition coefficient (Wildman–Crippen LogP) is 2.61. The van der Waals surface area contributed by atoms with Gasteiger partial charge in [-0.25, -0.2) is 5.48 Å². The van der Waals surface area contributed by atoms with Gasteiger partial charge in [0.05, 0.1) is 13.5 Å². The van der Waals surface area contributed by atoms with Crippen LogP contribution in [0, 0.1) is 18.8 Å². The highest BCUT2D eigenvalue weighted by Gasteiger charge is 2.48. The maximum atomic E-state index is 13.0. The highest BCUT2D eigenvalue weighted by Crippen LogP contribution is 2.36. The summed E-state index contributed by atoms with van der Waals surface area (Å²) in [7, 11) is 1.42. The fourth-order valence-corrected chi connectivity index (χ4v) is 6.72. The van der Waals surface area contributed by atoms with Gasteiger partial charge in [0.25, 0.3) is 5.91 Å². The Morgan fingerprint density at radius 2 is 2.00 bits per heavy atom. The minimum Gasteiger partial charge on any atom is -0.598 e. The van der Waals surface area contributed by atoms with Crippen LogP contribution in [0.3, 0.4) is 0 Å². The minimum atomic E-state index is -1.10. The van der Waals surface area contributed by atoms with E-state index in [4.69, 9.17) is 4.99 Å². The van der Waals surface area contributed by atoms with Gasteiger partial charge in [0.2, 0.25) is 5.91 Å². The lowest BCUT2D eigenvalue weighted by molar-refractivity contribution is -0.130. The number of amides is 2. The number of amidine groups is 1. The lowest BCUT2D eigenvalue weighted by Gasteiger charge is -2.35. The molecule has 2 amide bonds. The van der Waals surface area contributed by atoms with Crippen molar-refractivity contribution in [2.45, 2.75) is 70.8 Å². The molecule has 4 rings (SSSR count). The van der Waals surface area contributed by atoms with E-state index in [1.54, 1.807) is 0 Å². The van der Waals surface area contributed by atoms with E-state index in [2.05, 4.69) is 22.6 Å². The summed E-state index contributed by atoms with van der Waals surface area (Å²) in [5, 5.41) is 3.10. The quantitative estimate of drug-likeness (QED) is 0.420. The maximum absolute atomic E-state index is 13.0. The van der Waals surface area contributed by atoms with Crippen molar-refractivity contribution in [2.24, 2.45) is 16.8 Å². The normalized spacial score (nSPS) is 25.3. The third kappa shape index (κ3) is 6.25. The molecule has 1 saturated carbocycles. The smallest absolute Gasteiger partial charge is 0.253 e. The largest absolute Gasteiger partial charge is 0.598 e. The predicted molar refractivity (Wildman–Crippen MR) is 137 cm³/mol. The van der Waals surface area contributed by atoms with Gasteiger partial charge in [-0.1, -0.05) is 38.0 Å². The summed E-state index contributed by atoms with van der Waals surface area (Å²) in [4.78, 5) is 34.2. The van der Waals surface area contributed by atoms with Crippen LogP contribution in [-0.2, 0) is 38.6 Å². The first kappa shape index (κ1) is 26.1. The first-order valence-corrected chi connectivity index (χ1v) is 14.0. The first-order chi connectivity index (χ1) is 16.8. The SMILES string of the molecule is CONC(=O)Cc1ccc(CC[S+]([O-])N2CCC3(CC2)N=C(C2CCC(C)CC2)NC3=O)c(C)c1. The fourth-order valence-electron chi connectivity index (χ4n) is 5.48. The van der Waals surface area contributed by atoms with Crippen LogP contribution in [0.1, 0.15) is 62.1 Å². The molecular weight excluding hydrogens is 464 g/mol. The summed E-state index contributed by atoms with van der Waals surface area (Å²) >= 11 is -1.10. The van der Waals surface area contributed by atoms with Gasteiger partial charge in [0, 0.05) is 36.8 Å². The second-order valence-corrected chi connectivity index (χ2v) is 11.9. The van der Waals surface area contributed by atoms with Crippen LogP contribution in [0.4, 0.5) is 0 Å². The molecule has 1 unspecified atom stereocenters. The average molecular weight is 503 g/mol. The molecule has 0 aromatic heterocycles. The van der Waals surface area contributed by atoms with Crippen LogP contribution >= 0.6 is 0 Å². The number of hydroxylamine groups is 1. The van der Waals surface area contributed by atoms with Crippen LogP contribution in [-0.4, -0.2) is 58.0 Å². The molecule has 35 heavy (non-hydrogen) atoms. The third-order valence-electron chi connectivity index (χ3n) is 7.77. The Bertz CT molecular complexity index is 953. The number of rotatable bonds is 8. The van der Waals surface area contributed by atoms with Crippen LogP contribution < -0.4 is 10.8 Å². The molecule has 2 heterocycles. The Kier molecular flexibility index (Phi) is 8.52. The van der Waals surface area contributed by atoms with E-state index in [0.29, 0.717) is 44.0 Å². The molecule has 1 saturated heterocycles. The second kappa shape index (κ2) is 11.4. The van der Waals surface area contributed by atoms with Gasteiger partial charge in [-0.05, 0) is 55.2 Å². The Morgan fingerprint density at radius 1 is 1.29 bits per heavy atom.